The predicted molar refractivity (Wildman–Crippen MR) is 90.4 cm³/mol. The average Bonchev–Trinajstić information content (AvgIpc) is 3.07. The average molecular weight is 343 g/mol. The van der Waals surface area contributed by atoms with Crippen molar-refractivity contribution in [1.82, 2.24) is 15.2 Å². The minimum absolute atomic E-state index is 0.0999. The van der Waals surface area contributed by atoms with Crippen LogP contribution in [0.5, 0.6) is 0 Å². The number of hydrogen-bond donors (Lipinski definition) is 1. The molecule has 1 amide bonds. The molecule has 0 saturated carbocycles. The molecule has 7 nitrogen and oxygen atoms in total. The van der Waals surface area contributed by atoms with E-state index in [9.17, 15) is 9.59 Å². The van der Waals surface area contributed by atoms with E-state index in [1.807, 2.05) is 0 Å². The summed E-state index contributed by atoms with van der Waals surface area (Å²) in [6.07, 6.45) is 3.80. The molecule has 0 aliphatic carbocycles. The molecule has 25 heavy (non-hydrogen) atoms. The molecular formula is C18H21N3O4. The highest BCUT2D eigenvalue weighted by Crippen LogP contribution is 2.32. The molecule has 3 aliphatic heterocycles. The van der Waals surface area contributed by atoms with Crippen molar-refractivity contribution >= 4 is 22.8 Å². The second kappa shape index (κ2) is 6.15. The number of amides is 1. The van der Waals surface area contributed by atoms with Crippen molar-refractivity contribution in [1.29, 1.82) is 0 Å². The van der Waals surface area contributed by atoms with Gasteiger partial charge in [-0.05, 0) is 38.8 Å². The topological polar surface area (TPSA) is 84.7 Å². The predicted octanol–water partition coefficient (Wildman–Crippen LogP) is 1.83. The van der Waals surface area contributed by atoms with Crippen LogP contribution in [0.1, 0.15) is 40.8 Å². The zero-order valence-electron chi connectivity index (χ0n) is 14.3. The number of furan rings is 1. The van der Waals surface area contributed by atoms with Crippen LogP contribution in [-0.4, -0.2) is 54.0 Å². The minimum Gasteiger partial charge on any atom is -0.463 e. The van der Waals surface area contributed by atoms with E-state index in [0.29, 0.717) is 28.6 Å². The van der Waals surface area contributed by atoms with Gasteiger partial charge in [0, 0.05) is 35.8 Å². The molecule has 3 fully saturated rings. The monoisotopic (exact) mass is 343 g/mol. The van der Waals surface area contributed by atoms with Crippen molar-refractivity contribution in [3.63, 3.8) is 0 Å². The second-order valence-electron chi connectivity index (χ2n) is 6.82. The van der Waals surface area contributed by atoms with Crippen molar-refractivity contribution in [2.75, 3.05) is 20.2 Å². The fourth-order valence-electron chi connectivity index (χ4n) is 4.03. The van der Waals surface area contributed by atoms with E-state index in [1.165, 1.54) is 7.11 Å². The van der Waals surface area contributed by atoms with Crippen LogP contribution in [0.2, 0.25) is 0 Å². The van der Waals surface area contributed by atoms with Gasteiger partial charge in [0.05, 0.1) is 7.11 Å². The van der Waals surface area contributed by atoms with Crippen LogP contribution in [0.3, 0.4) is 0 Å². The molecule has 132 valence electrons. The highest BCUT2D eigenvalue weighted by molar-refractivity contribution is 5.97. The largest absolute Gasteiger partial charge is 0.463 e. The molecule has 7 heteroatoms. The van der Waals surface area contributed by atoms with Crippen LogP contribution in [0.15, 0.2) is 22.7 Å². The fraction of sp³-hybridized carbons (Fsp3) is 0.500. The Morgan fingerprint density at radius 2 is 2.08 bits per heavy atom. The Morgan fingerprint density at radius 3 is 2.76 bits per heavy atom. The number of nitrogens with zero attached hydrogens (tertiary/aromatic N) is 2. The van der Waals surface area contributed by atoms with E-state index in [0.717, 1.165) is 25.9 Å². The SMILES string of the molecule is COC(=O)c1cc2cnc(C(=O)N[C@@H]3C4CCN(CC4)[C@@H]3C)cc2o1. The van der Waals surface area contributed by atoms with E-state index >= 15 is 0 Å². The Morgan fingerprint density at radius 1 is 1.32 bits per heavy atom. The molecule has 3 aliphatic rings. The number of fused-ring (bicyclic) bond motifs is 4. The van der Waals surface area contributed by atoms with Crippen LogP contribution in [0.25, 0.3) is 11.0 Å². The van der Waals surface area contributed by atoms with Gasteiger partial charge in [0.25, 0.3) is 5.91 Å². The smallest absolute Gasteiger partial charge is 0.373 e. The summed E-state index contributed by atoms with van der Waals surface area (Å²) in [5, 5.41) is 3.81. The Labute approximate surface area is 145 Å². The molecule has 2 aromatic rings. The lowest BCUT2D eigenvalue weighted by Gasteiger charge is -2.49. The third-order valence-corrected chi connectivity index (χ3v) is 5.50. The standard InChI is InChI=1S/C18H21N3O4/c1-10-16(11-3-5-21(10)6-4-11)20-17(22)13-8-14-12(9-19-13)7-15(25-14)18(23)24-2/h7-11,16H,3-6H2,1-2H3,(H,20,22)/t10-,16+/m1/s1. The fourth-order valence-corrected chi connectivity index (χ4v) is 4.03. The summed E-state index contributed by atoms with van der Waals surface area (Å²) >= 11 is 0. The quantitative estimate of drug-likeness (QED) is 0.856. The van der Waals surface area contributed by atoms with Gasteiger partial charge in [-0.3, -0.25) is 14.7 Å². The number of piperidine rings is 3. The van der Waals surface area contributed by atoms with Crippen LogP contribution in [-0.2, 0) is 4.74 Å². The molecule has 0 unspecified atom stereocenters. The van der Waals surface area contributed by atoms with Crippen LogP contribution >= 0.6 is 0 Å². The summed E-state index contributed by atoms with van der Waals surface area (Å²) < 4.78 is 10.1. The molecule has 3 saturated heterocycles. The first-order chi connectivity index (χ1) is 12.1. The van der Waals surface area contributed by atoms with E-state index in [4.69, 9.17) is 4.42 Å². The van der Waals surface area contributed by atoms with Crippen molar-refractivity contribution in [3.05, 3.63) is 29.8 Å². The first-order valence-electron chi connectivity index (χ1n) is 8.59. The molecule has 0 spiro atoms. The number of hydrogen-bond acceptors (Lipinski definition) is 6. The number of esters is 1. The van der Waals surface area contributed by atoms with Gasteiger partial charge in [-0.2, -0.15) is 0 Å². The Bertz CT molecular complexity index is 821. The van der Waals surface area contributed by atoms with Gasteiger partial charge in [0.2, 0.25) is 5.76 Å². The van der Waals surface area contributed by atoms with Crippen molar-refractivity contribution in [2.24, 2.45) is 5.92 Å². The number of nitrogens with one attached hydrogen (secondary N) is 1. The number of pyridine rings is 1. The number of aromatic nitrogens is 1. The van der Waals surface area contributed by atoms with E-state index in [2.05, 4.69) is 26.9 Å². The Balaban J connectivity index is 1.54. The van der Waals surface area contributed by atoms with E-state index in [-0.39, 0.29) is 17.7 Å². The number of ether oxygens (including phenoxy) is 1. The number of carbonyl (C=O) groups is 2. The first kappa shape index (κ1) is 16.1. The van der Waals surface area contributed by atoms with Gasteiger partial charge >= 0.3 is 5.97 Å². The van der Waals surface area contributed by atoms with Gasteiger partial charge in [-0.25, -0.2) is 4.79 Å². The molecule has 2 aromatic heterocycles. The third-order valence-electron chi connectivity index (χ3n) is 5.50. The summed E-state index contributed by atoms with van der Waals surface area (Å²) in [5.74, 6) is -0.128. The molecule has 1 N–H and O–H groups in total. The van der Waals surface area contributed by atoms with Crippen LogP contribution in [0.4, 0.5) is 0 Å². The van der Waals surface area contributed by atoms with Crippen LogP contribution in [0, 0.1) is 5.92 Å². The van der Waals surface area contributed by atoms with Crippen molar-refractivity contribution < 1.29 is 18.7 Å². The molecule has 0 radical (unpaired) electrons. The van der Waals surface area contributed by atoms with Crippen LogP contribution < -0.4 is 5.32 Å². The lowest BCUT2D eigenvalue weighted by molar-refractivity contribution is 0.0216. The van der Waals surface area contributed by atoms with E-state index in [1.54, 1.807) is 18.3 Å². The molecule has 2 atom stereocenters. The van der Waals surface area contributed by atoms with Crippen molar-refractivity contribution in [2.45, 2.75) is 31.8 Å². The second-order valence-corrected chi connectivity index (χ2v) is 6.82. The van der Waals surface area contributed by atoms with Gasteiger partial charge in [-0.1, -0.05) is 0 Å². The zero-order valence-corrected chi connectivity index (χ0v) is 14.3. The summed E-state index contributed by atoms with van der Waals surface area (Å²) in [7, 11) is 1.29. The summed E-state index contributed by atoms with van der Waals surface area (Å²) in [6, 6.07) is 3.62. The minimum atomic E-state index is -0.552. The number of rotatable bonds is 3. The van der Waals surface area contributed by atoms with Gasteiger partial charge < -0.3 is 14.5 Å². The van der Waals surface area contributed by atoms with Gasteiger partial charge in [0.1, 0.15) is 11.3 Å². The molecule has 0 aromatic carbocycles. The highest BCUT2D eigenvalue weighted by Gasteiger charge is 2.40. The maximum absolute atomic E-state index is 12.6. The maximum Gasteiger partial charge on any atom is 0.373 e. The highest BCUT2D eigenvalue weighted by atomic mass is 16.5. The summed E-state index contributed by atoms with van der Waals surface area (Å²) in [4.78, 5) is 30.9. The first-order valence-corrected chi connectivity index (χ1v) is 8.59. The summed E-state index contributed by atoms with van der Waals surface area (Å²) in [6.45, 7) is 4.40. The normalized spacial score (nSPS) is 28.1. The molecule has 5 rings (SSSR count). The number of carbonyl (C=O) groups excluding carboxylic acids is 2. The Hall–Kier alpha value is -2.41. The lowest BCUT2D eigenvalue weighted by atomic mass is 9.79. The van der Waals surface area contributed by atoms with E-state index < -0.39 is 5.97 Å². The summed E-state index contributed by atoms with van der Waals surface area (Å²) in [5.41, 5.74) is 0.740. The number of methoxy groups -OCH3 is 1. The van der Waals surface area contributed by atoms with Crippen molar-refractivity contribution in [3.8, 4) is 0 Å². The maximum atomic E-state index is 12.6. The Kier molecular flexibility index (Phi) is 3.95. The van der Waals surface area contributed by atoms with Gasteiger partial charge in [-0.15, -0.1) is 0 Å². The third kappa shape index (κ3) is 2.78. The molecular weight excluding hydrogens is 322 g/mol. The lowest BCUT2D eigenvalue weighted by Crippen LogP contribution is -2.62. The molecule has 5 heterocycles. The molecule has 2 bridgehead atoms. The van der Waals surface area contributed by atoms with Gasteiger partial charge in [0.15, 0.2) is 0 Å². The zero-order chi connectivity index (χ0) is 17.6.